The van der Waals surface area contributed by atoms with Crippen LogP contribution in [0.15, 0.2) is 24.3 Å². The molecule has 1 aliphatic carbocycles. The number of hydrogen-bond acceptors (Lipinski definition) is 3. The van der Waals surface area contributed by atoms with Crippen molar-refractivity contribution in [1.82, 2.24) is 4.90 Å². The van der Waals surface area contributed by atoms with Crippen molar-refractivity contribution in [3.05, 3.63) is 29.8 Å². The maximum atomic E-state index is 12.9. The van der Waals surface area contributed by atoms with Gasteiger partial charge in [0.2, 0.25) is 0 Å². The third-order valence-electron chi connectivity index (χ3n) is 5.69. The molecule has 0 aromatic heterocycles. The monoisotopic (exact) mass is 345 g/mol. The van der Waals surface area contributed by atoms with Gasteiger partial charge in [-0.2, -0.15) is 0 Å². The number of hydrogen-bond donors (Lipinski definition) is 1. The molecule has 1 saturated heterocycles. The van der Waals surface area contributed by atoms with Crippen LogP contribution in [0, 0.1) is 5.41 Å². The van der Waals surface area contributed by atoms with E-state index in [1.54, 1.807) is 24.3 Å². The van der Waals surface area contributed by atoms with E-state index >= 15 is 0 Å². The Morgan fingerprint density at radius 3 is 2.56 bits per heavy atom. The van der Waals surface area contributed by atoms with Gasteiger partial charge in [-0.1, -0.05) is 25.3 Å². The lowest BCUT2D eigenvalue weighted by atomic mass is 9.69. The number of ether oxygens (including phenoxy) is 1. The maximum absolute atomic E-state index is 12.9. The van der Waals surface area contributed by atoms with E-state index in [9.17, 15) is 9.59 Å². The zero-order valence-corrected chi connectivity index (χ0v) is 14.7. The summed E-state index contributed by atoms with van der Waals surface area (Å²) in [6.07, 6.45) is 10.1. The van der Waals surface area contributed by atoms with Gasteiger partial charge < -0.3 is 14.7 Å². The number of carboxylic acids is 1. The molecule has 1 aromatic carbocycles. The van der Waals surface area contributed by atoms with Crippen molar-refractivity contribution in [1.29, 1.82) is 0 Å². The minimum atomic E-state index is -1.03. The smallest absolute Gasteiger partial charge is 0.341 e. The molecular formula is C20H27NO4. The molecule has 136 valence electrons. The summed E-state index contributed by atoms with van der Waals surface area (Å²) >= 11 is 0. The van der Waals surface area contributed by atoms with E-state index in [4.69, 9.17) is 9.84 Å². The second kappa shape index (κ2) is 7.89. The molecule has 5 heteroatoms. The maximum Gasteiger partial charge on any atom is 0.341 e. The van der Waals surface area contributed by atoms with Gasteiger partial charge in [-0.15, -0.1) is 0 Å². The lowest BCUT2D eigenvalue weighted by Gasteiger charge is -2.36. The van der Waals surface area contributed by atoms with Gasteiger partial charge in [-0.3, -0.25) is 4.79 Å². The average Bonchev–Trinajstić information content (AvgIpc) is 2.83. The number of aliphatic carboxylic acids is 1. The first-order valence-corrected chi connectivity index (χ1v) is 9.32. The highest BCUT2D eigenvalue weighted by atomic mass is 16.5. The Labute approximate surface area is 149 Å². The second-order valence-electron chi connectivity index (χ2n) is 7.42. The number of nitrogens with zero attached hydrogens (tertiary/aromatic N) is 1. The van der Waals surface area contributed by atoms with Crippen molar-refractivity contribution in [2.45, 2.75) is 51.4 Å². The molecule has 1 heterocycles. The van der Waals surface area contributed by atoms with Crippen LogP contribution in [0.3, 0.4) is 0 Å². The molecule has 25 heavy (non-hydrogen) atoms. The van der Waals surface area contributed by atoms with E-state index in [-0.39, 0.29) is 5.91 Å². The number of likely N-dealkylation sites (tertiary alicyclic amines) is 1. The van der Waals surface area contributed by atoms with Crippen LogP contribution in [0.5, 0.6) is 5.75 Å². The molecule has 0 atom stereocenters. The zero-order chi connectivity index (χ0) is 17.7. The summed E-state index contributed by atoms with van der Waals surface area (Å²) in [6, 6.07) is 6.84. The van der Waals surface area contributed by atoms with Crippen molar-refractivity contribution < 1.29 is 19.4 Å². The molecular weight excluding hydrogens is 318 g/mol. The minimum absolute atomic E-state index is 0.0219. The molecule has 5 nitrogen and oxygen atoms in total. The molecule has 0 unspecified atom stereocenters. The third-order valence-corrected chi connectivity index (χ3v) is 5.69. The lowest BCUT2D eigenvalue weighted by molar-refractivity contribution is -0.139. The van der Waals surface area contributed by atoms with E-state index in [1.807, 2.05) is 4.90 Å². The van der Waals surface area contributed by atoms with Crippen molar-refractivity contribution >= 4 is 11.9 Å². The molecule has 2 aliphatic rings. The molecule has 3 rings (SSSR count). The molecule has 1 aromatic rings. The van der Waals surface area contributed by atoms with Crippen molar-refractivity contribution in [2.75, 3.05) is 19.7 Å². The van der Waals surface area contributed by atoms with Crippen LogP contribution < -0.4 is 4.74 Å². The van der Waals surface area contributed by atoms with Crippen LogP contribution in [-0.2, 0) is 4.79 Å². The second-order valence-corrected chi connectivity index (χ2v) is 7.42. The van der Waals surface area contributed by atoms with Gasteiger partial charge in [0.25, 0.3) is 5.91 Å². The number of carbonyl (C=O) groups excluding carboxylic acids is 1. The predicted molar refractivity (Wildman–Crippen MR) is 94.8 cm³/mol. The molecule has 1 saturated carbocycles. The Balaban J connectivity index is 1.64. The first-order chi connectivity index (χ1) is 12.1. The van der Waals surface area contributed by atoms with Crippen molar-refractivity contribution in [2.24, 2.45) is 5.41 Å². The first-order valence-electron chi connectivity index (χ1n) is 9.32. The Kier molecular flexibility index (Phi) is 5.61. The van der Waals surface area contributed by atoms with E-state index in [0.717, 1.165) is 25.9 Å². The molecule has 1 amide bonds. The Morgan fingerprint density at radius 1 is 1.04 bits per heavy atom. The highest BCUT2D eigenvalue weighted by Gasteiger charge is 2.34. The van der Waals surface area contributed by atoms with Gasteiger partial charge in [0.15, 0.2) is 6.61 Å². The highest BCUT2D eigenvalue weighted by molar-refractivity contribution is 5.94. The zero-order valence-electron chi connectivity index (χ0n) is 14.7. The highest BCUT2D eigenvalue weighted by Crippen LogP contribution is 2.44. The predicted octanol–water partition coefficient (Wildman–Crippen LogP) is 3.73. The van der Waals surface area contributed by atoms with Gasteiger partial charge in [-0.25, -0.2) is 4.79 Å². The van der Waals surface area contributed by atoms with E-state index in [1.165, 1.54) is 38.5 Å². The summed E-state index contributed by atoms with van der Waals surface area (Å²) in [7, 11) is 0. The number of amides is 1. The SMILES string of the molecule is O=C(O)COc1cccc(C(=O)N2CCCC3(CCCCC3)CC2)c1. The fourth-order valence-electron chi connectivity index (χ4n) is 4.31. The number of benzene rings is 1. The van der Waals surface area contributed by atoms with Crippen molar-refractivity contribution in [3.8, 4) is 5.75 Å². The van der Waals surface area contributed by atoms with Crippen LogP contribution in [0.1, 0.15) is 61.7 Å². The minimum Gasteiger partial charge on any atom is -0.482 e. The molecule has 1 spiro atoms. The van der Waals surface area contributed by atoms with Crippen LogP contribution in [0.2, 0.25) is 0 Å². The van der Waals surface area contributed by atoms with Crippen LogP contribution in [0.4, 0.5) is 0 Å². The topological polar surface area (TPSA) is 66.8 Å². The Bertz CT molecular complexity index is 622. The van der Waals surface area contributed by atoms with Gasteiger partial charge in [0, 0.05) is 18.7 Å². The quantitative estimate of drug-likeness (QED) is 0.903. The normalized spacial score (nSPS) is 20.1. The Hall–Kier alpha value is -2.04. The van der Waals surface area contributed by atoms with E-state index in [0.29, 0.717) is 16.7 Å². The fourth-order valence-corrected chi connectivity index (χ4v) is 4.31. The third kappa shape index (κ3) is 4.53. The Morgan fingerprint density at radius 2 is 1.80 bits per heavy atom. The summed E-state index contributed by atoms with van der Waals surface area (Å²) in [4.78, 5) is 25.5. The van der Waals surface area contributed by atoms with Crippen LogP contribution in [-0.4, -0.2) is 41.6 Å². The summed E-state index contributed by atoms with van der Waals surface area (Å²) in [5.41, 5.74) is 1.03. The average molecular weight is 345 g/mol. The summed E-state index contributed by atoms with van der Waals surface area (Å²) in [5.74, 6) is -0.581. The molecule has 0 bridgehead atoms. The standard InChI is InChI=1S/C20H27NO4/c22-18(23)15-25-17-7-4-6-16(14-17)19(24)21-12-5-10-20(11-13-21)8-2-1-3-9-20/h4,6-7,14H,1-3,5,8-13,15H2,(H,22,23). The summed E-state index contributed by atoms with van der Waals surface area (Å²) in [6.45, 7) is 1.23. The molecule has 2 fully saturated rings. The molecule has 0 radical (unpaired) electrons. The van der Waals surface area contributed by atoms with E-state index in [2.05, 4.69) is 0 Å². The van der Waals surface area contributed by atoms with Crippen LogP contribution >= 0.6 is 0 Å². The molecule has 1 N–H and O–H groups in total. The van der Waals surface area contributed by atoms with Gasteiger partial charge in [0.1, 0.15) is 5.75 Å². The van der Waals surface area contributed by atoms with Gasteiger partial charge >= 0.3 is 5.97 Å². The first kappa shape index (κ1) is 17.8. The summed E-state index contributed by atoms with van der Waals surface area (Å²) < 4.78 is 5.19. The fraction of sp³-hybridized carbons (Fsp3) is 0.600. The number of carbonyl (C=O) groups is 2. The van der Waals surface area contributed by atoms with E-state index < -0.39 is 12.6 Å². The van der Waals surface area contributed by atoms with Crippen LogP contribution in [0.25, 0.3) is 0 Å². The number of carboxylic acid groups (broad SMARTS) is 1. The summed E-state index contributed by atoms with van der Waals surface area (Å²) in [5, 5.41) is 8.71. The number of rotatable bonds is 4. The lowest BCUT2D eigenvalue weighted by Crippen LogP contribution is -2.33. The van der Waals surface area contributed by atoms with Gasteiger partial charge in [0.05, 0.1) is 0 Å². The molecule has 1 aliphatic heterocycles. The largest absolute Gasteiger partial charge is 0.482 e. The van der Waals surface area contributed by atoms with Crippen molar-refractivity contribution in [3.63, 3.8) is 0 Å². The van der Waals surface area contributed by atoms with Gasteiger partial charge in [-0.05, 0) is 55.7 Å².